The van der Waals surface area contributed by atoms with E-state index in [0.29, 0.717) is 5.69 Å². The fourth-order valence-corrected chi connectivity index (χ4v) is 1.55. The smallest absolute Gasteiger partial charge is 0.862 e. The molecule has 7 heteroatoms. The van der Waals surface area contributed by atoms with Crippen molar-refractivity contribution >= 4 is 22.7 Å². The van der Waals surface area contributed by atoms with Gasteiger partial charge in [0.05, 0.1) is 12.8 Å². The molecule has 0 heterocycles. The maximum Gasteiger partial charge on any atom is 1.00 e. The van der Waals surface area contributed by atoms with Gasteiger partial charge in [0.25, 0.3) is 0 Å². The summed E-state index contributed by atoms with van der Waals surface area (Å²) in [5, 5.41) is 10.7. The molecule has 5 nitrogen and oxygen atoms in total. The van der Waals surface area contributed by atoms with Crippen LogP contribution in [0.25, 0.3) is 0 Å². The molecular formula is C9H10KNO4S. The molecule has 82 valence electrons. The van der Waals surface area contributed by atoms with Crippen molar-refractivity contribution in [3.8, 4) is 5.75 Å². The van der Waals surface area contributed by atoms with Crippen molar-refractivity contribution in [3.63, 3.8) is 0 Å². The van der Waals surface area contributed by atoms with Crippen LogP contribution in [0.15, 0.2) is 28.1 Å². The first-order valence-electron chi connectivity index (χ1n) is 4.06. The van der Waals surface area contributed by atoms with Crippen molar-refractivity contribution in [3.05, 3.63) is 18.2 Å². The normalized spacial score (nSPS) is 12.8. The Morgan fingerprint density at radius 1 is 1.56 bits per heavy atom. The molecular weight excluding hydrogens is 257 g/mol. The topological polar surface area (TPSA) is 82.0 Å². The second-order valence-corrected chi connectivity index (χ2v) is 3.65. The summed E-state index contributed by atoms with van der Waals surface area (Å²) in [7, 11) is 1.38. The van der Waals surface area contributed by atoms with Gasteiger partial charge >= 0.3 is 51.4 Å². The van der Waals surface area contributed by atoms with Gasteiger partial charge in [0.1, 0.15) is 10.6 Å². The summed E-state index contributed by atoms with van der Waals surface area (Å²) in [6.07, 6.45) is 0. The van der Waals surface area contributed by atoms with Crippen molar-refractivity contribution in [2.75, 3.05) is 7.11 Å². The zero-order chi connectivity index (χ0) is 11.4. The van der Waals surface area contributed by atoms with Crippen LogP contribution in [0.1, 0.15) is 6.92 Å². The molecule has 0 saturated carbocycles. The van der Waals surface area contributed by atoms with Crippen molar-refractivity contribution in [2.24, 2.45) is 4.99 Å². The molecule has 0 radical (unpaired) electrons. The fraction of sp³-hybridized carbons (Fsp3) is 0.222. The molecule has 1 N–H and O–H groups in total. The average Bonchev–Trinajstić information content (AvgIpc) is 2.16. The van der Waals surface area contributed by atoms with E-state index in [0.717, 1.165) is 0 Å². The molecule has 1 unspecified atom stereocenters. The van der Waals surface area contributed by atoms with Crippen molar-refractivity contribution in [1.82, 2.24) is 0 Å². The van der Waals surface area contributed by atoms with Gasteiger partial charge in [-0.2, -0.15) is 0 Å². The second-order valence-electron chi connectivity index (χ2n) is 2.72. The van der Waals surface area contributed by atoms with E-state index in [9.17, 15) is 9.32 Å². The molecule has 1 aromatic carbocycles. The Hall–Kier alpha value is 0.236. The molecule has 0 fully saturated rings. The molecule has 0 saturated heterocycles. The SMILES string of the molecule is COc1cc(N=C(C)[O-])ccc1S(=O)O.[K+]. The van der Waals surface area contributed by atoms with E-state index in [4.69, 9.17) is 9.29 Å². The summed E-state index contributed by atoms with van der Waals surface area (Å²) >= 11 is -2.11. The van der Waals surface area contributed by atoms with E-state index >= 15 is 0 Å². The molecule has 0 bridgehead atoms. The predicted octanol–water partition coefficient (Wildman–Crippen LogP) is -2.31. The van der Waals surface area contributed by atoms with Gasteiger partial charge in [0, 0.05) is 6.07 Å². The van der Waals surface area contributed by atoms with E-state index in [1.165, 1.54) is 32.2 Å². The Kier molecular flexibility index (Phi) is 7.65. The van der Waals surface area contributed by atoms with Crippen LogP contribution in [0.2, 0.25) is 0 Å². The Morgan fingerprint density at radius 3 is 2.62 bits per heavy atom. The molecule has 1 rings (SSSR count). The Labute approximate surface area is 139 Å². The number of methoxy groups -OCH3 is 1. The van der Waals surface area contributed by atoms with E-state index in [1.54, 1.807) is 0 Å². The fourth-order valence-electron chi connectivity index (χ4n) is 1.05. The third kappa shape index (κ3) is 4.62. The largest absolute Gasteiger partial charge is 1.00 e. The van der Waals surface area contributed by atoms with Gasteiger partial charge in [-0.3, -0.25) is 4.99 Å². The number of hydrogen-bond donors (Lipinski definition) is 1. The van der Waals surface area contributed by atoms with E-state index in [-0.39, 0.29) is 67.9 Å². The number of hydrogen-bond acceptors (Lipinski definition) is 4. The summed E-state index contributed by atoms with van der Waals surface area (Å²) in [6, 6.07) is 4.31. The quantitative estimate of drug-likeness (QED) is 0.289. The summed E-state index contributed by atoms with van der Waals surface area (Å²) in [5.74, 6) is -0.103. The Morgan fingerprint density at radius 2 is 2.19 bits per heavy atom. The van der Waals surface area contributed by atoms with Crippen LogP contribution >= 0.6 is 0 Å². The standard InChI is InChI=1S/C9H11NO4S.K/c1-6(11)10-7-3-4-9(15(12)13)8(5-7)14-2;/h3-5H,1-2H3,(H,10,11)(H,12,13);/q;+1/p-1. The molecule has 1 atom stereocenters. The first kappa shape index (κ1) is 16.2. The molecule has 0 aliphatic rings. The van der Waals surface area contributed by atoms with E-state index in [2.05, 4.69) is 4.99 Å². The van der Waals surface area contributed by atoms with Gasteiger partial charge in [-0.15, -0.1) is 0 Å². The second kappa shape index (κ2) is 7.54. The number of nitrogens with zero attached hydrogens (tertiary/aromatic N) is 1. The molecule has 16 heavy (non-hydrogen) atoms. The Balaban J connectivity index is 0.00000225. The van der Waals surface area contributed by atoms with Crippen LogP contribution in [0.3, 0.4) is 0 Å². The van der Waals surface area contributed by atoms with Crippen LogP contribution in [-0.2, 0) is 11.1 Å². The van der Waals surface area contributed by atoms with Crippen LogP contribution < -0.4 is 61.2 Å². The van der Waals surface area contributed by atoms with Gasteiger partial charge in [-0.1, -0.05) is 0 Å². The van der Waals surface area contributed by atoms with Crippen LogP contribution in [0.4, 0.5) is 5.69 Å². The van der Waals surface area contributed by atoms with Gasteiger partial charge < -0.3 is 14.4 Å². The summed E-state index contributed by atoms with van der Waals surface area (Å²) in [4.78, 5) is 3.82. The van der Waals surface area contributed by atoms with Crippen molar-refractivity contribution in [1.29, 1.82) is 0 Å². The van der Waals surface area contributed by atoms with Crippen molar-refractivity contribution < 1.29 is 70.0 Å². The van der Waals surface area contributed by atoms with Crippen LogP contribution in [0, 0.1) is 0 Å². The number of benzene rings is 1. The van der Waals surface area contributed by atoms with Crippen LogP contribution in [-0.4, -0.2) is 21.8 Å². The van der Waals surface area contributed by atoms with Gasteiger partial charge in [0.15, 0.2) is 11.1 Å². The summed E-state index contributed by atoms with van der Waals surface area (Å²) in [5.41, 5.74) is 0.397. The predicted molar refractivity (Wildman–Crippen MR) is 54.8 cm³/mol. The maximum absolute atomic E-state index is 10.8. The molecule has 0 spiro atoms. The zero-order valence-corrected chi connectivity index (χ0v) is 13.2. The molecule has 0 aromatic heterocycles. The maximum atomic E-state index is 10.8. The van der Waals surface area contributed by atoms with Gasteiger partial charge in [0.2, 0.25) is 0 Å². The summed E-state index contributed by atoms with van der Waals surface area (Å²) < 4.78 is 24.7. The first-order valence-corrected chi connectivity index (χ1v) is 5.16. The molecule has 0 amide bonds. The Bertz CT molecular complexity index is 418. The monoisotopic (exact) mass is 267 g/mol. The minimum Gasteiger partial charge on any atom is -0.862 e. The van der Waals surface area contributed by atoms with Gasteiger partial charge in [-0.25, -0.2) is 4.21 Å². The van der Waals surface area contributed by atoms with E-state index in [1.807, 2.05) is 0 Å². The van der Waals surface area contributed by atoms with Crippen LogP contribution in [0.5, 0.6) is 5.75 Å². The zero-order valence-electron chi connectivity index (χ0n) is 9.26. The molecule has 0 aliphatic carbocycles. The molecule has 1 aromatic rings. The first-order chi connectivity index (χ1) is 7.04. The molecule has 0 aliphatic heterocycles. The number of aliphatic imine (C=N–C) groups is 1. The third-order valence-electron chi connectivity index (χ3n) is 1.62. The summed E-state index contributed by atoms with van der Waals surface area (Å²) in [6.45, 7) is 1.32. The third-order valence-corrected chi connectivity index (χ3v) is 2.34. The minimum atomic E-state index is -2.11. The minimum absolute atomic E-state index is 0. The van der Waals surface area contributed by atoms with E-state index < -0.39 is 11.1 Å². The van der Waals surface area contributed by atoms with Gasteiger partial charge in [-0.05, 0) is 25.0 Å². The average molecular weight is 267 g/mol. The van der Waals surface area contributed by atoms with Crippen molar-refractivity contribution in [2.45, 2.75) is 11.8 Å². The number of ether oxygens (including phenoxy) is 1. The number of rotatable bonds is 3.